The summed E-state index contributed by atoms with van der Waals surface area (Å²) in [7, 11) is 1.54. The standard InChI is InChI=1S/C13H19N3O3/c1-9-14-11(8-12(15-9)19-2)16-7-5-3-4-6-10(16)13(17)18/h8,10H,3-7H2,1-2H3,(H,17,18). The van der Waals surface area contributed by atoms with Gasteiger partial charge < -0.3 is 14.7 Å². The van der Waals surface area contributed by atoms with Gasteiger partial charge in [0.1, 0.15) is 17.7 Å². The fraction of sp³-hybridized carbons (Fsp3) is 0.615. The van der Waals surface area contributed by atoms with Gasteiger partial charge in [0.15, 0.2) is 0 Å². The summed E-state index contributed by atoms with van der Waals surface area (Å²) < 4.78 is 5.13. The van der Waals surface area contributed by atoms with Gasteiger partial charge in [0.2, 0.25) is 5.88 Å². The van der Waals surface area contributed by atoms with Crippen LogP contribution in [-0.2, 0) is 4.79 Å². The Morgan fingerprint density at radius 2 is 2.21 bits per heavy atom. The quantitative estimate of drug-likeness (QED) is 0.895. The van der Waals surface area contributed by atoms with E-state index in [1.807, 2.05) is 4.90 Å². The molecule has 1 atom stereocenters. The average molecular weight is 265 g/mol. The highest BCUT2D eigenvalue weighted by Crippen LogP contribution is 2.25. The zero-order valence-corrected chi connectivity index (χ0v) is 11.3. The molecule has 0 spiro atoms. The van der Waals surface area contributed by atoms with Crippen molar-refractivity contribution in [2.45, 2.75) is 38.6 Å². The molecule has 0 radical (unpaired) electrons. The van der Waals surface area contributed by atoms with Gasteiger partial charge in [-0.15, -0.1) is 0 Å². The normalized spacial score (nSPS) is 19.9. The van der Waals surface area contributed by atoms with Gasteiger partial charge in [-0.3, -0.25) is 0 Å². The van der Waals surface area contributed by atoms with Crippen LogP contribution in [0.15, 0.2) is 6.07 Å². The van der Waals surface area contributed by atoms with E-state index >= 15 is 0 Å². The number of rotatable bonds is 3. The molecule has 1 unspecified atom stereocenters. The first-order valence-corrected chi connectivity index (χ1v) is 6.51. The number of hydrogen-bond donors (Lipinski definition) is 1. The van der Waals surface area contributed by atoms with E-state index < -0.39 is 12.0 Å². The van der Waals surface area contributed by atoms with Crippen LogP contribution in [0.1, 0.15) is 31.5 Å². The monoisotopic (exact) mass is 265 g/mol. The first-order chi connectivity index (χ1) is 9.11. The highest BCUT2D eigenvalue weighted by molar-refractivity contribution is 5.77. The number of methoxy groups -OCH3 is 1. The van der Waals surface area contributed by atoms with Gasteiger partial charge in [-0.25, -0.2) is 9.78 Å². The third-order valence-electron chi connectivity index (χ3n) is 3.34. The number of carboxylic acid groups (broad SMARTS) is 1. The summed E-state index contributed by atoms with van der Waals surface area (Å²) in [5.74, 6) is 0.898. The molecule has 2 heterocycles. The van der Waals surface area contributed by atoms with Crippen molar-refractivity contribution in [2.75, 3.05) is 18.6 Å². The molecular weight excluding hydrogens is 246 g/mol. The fourth-order valence-corrected chi connectivity index (χ4v) is 2.42. The lowest BCUT2D eigenvalue weighted by atomic mass is 10.1. The van der Waals surface area contributed by atoms with E-state index in [0.29, 0.717) is 30.5 Å². The smallest absolute Gasteiger partial charge is 0.326 e. The van der Waals surface area contributed by atoms with E-state index in [9.17, 15) is 9.90 Å². The molecule has 0 amide bonds. The molecule has 0 aliphatic carbocycles. The third-order valence-corrected chi connectivity index (χ3v) is 3.34. The zero-order chi connectivity index (χ0) is 13.8. The number of hydrogen-bond acceptors (Lipinski definition) is 5. The van der Waals surface area contributed by atoms with Gasteiger partial charge in [-0.1, -0.05) is 12.8 Å². The number of aromatic nitrogens is 2. The second kappa shape index (κ2) is 5.86. The largest absolute Gasteiger partial charge is 0.481 e. The molecule has 1 aliphatic rings. The minimum Gasteiger partial charge on any atom is -0.481 e. The van der Waals surface area contributed by atoms with Crippen molar-refractivity contribution in [2.24, 2.45) is 0 Å². The first kappa shape index (κ1) is 13.6. The Kier molecular flexibility index (Phi) is 4.19. The summed E-state index contributed by atoms with van der Waals surface area (Å²) >= 11 is 0. The summed E-state index contributed by atoms with van der Waals surface area (Å²) in [4.78, 5) is 21.8. The number of anilines is 1. The second-order valence-electron chi connectivity index (χ2n) is 4.71. The topological polar surface area (TPSA) is 75.5 Å². The maximum atomic E-state index is 11.4. The summed E-state index contributed by atoms with van der Waals surface area (Å²) in [6, 6.07) is 1.19. The molecule has 6 heteroatoms. The van der Waals surface area contributed by atoms with Crippen LogP contribution in [0.3, 0.4) is 0 Å². The van der Waals surface area contributed by atoms with Gasteiger partial charge in [-0.2, -0.15) is 4.98 Å². The van der Waals surface area contributed by atoms with E-state index in [0.717, 1.165) is 19.3 Å². The molecule has 0 bridgehead atoms. The molecule has 1 aromatic rings. The van der Waals surface area contributed by atoms with E-state index in [4.69, 9.17) is 4.74 Å². The lowest BCUT2D eigenvalue weighted by Crippen LogP contribution is -2.41. The Morgan fingerprint density at radius 3 is 2.89 bits per heavy atom. The highest BCUT2D eigenvalue weighted by Gasteiger charge is 2.28. The molecule has 2 rings (SSSR count). The van der Waals surface area contributed by atoms with Crippen LogP contribution in [0.2, 0.25) is 0 Å². The first-order valence-electron chi connectivity index (χ1n) is 6.51. The molecule has 1 aliphatic heterocycles. The van der Waals surface area contributed by atoms with Crippen LogP contribution in [0.25, 0.3) is 0 Å². The predicted octanol–water partition coefficient (Wildman–Crippen LogP) is 1.63. The maximum Gasteiger partial charge on any atom is 0.326 e. The van der Waals surface area contributed by atoms with Crippen molar-refractivity contribution in [3.8, 4) is 5.88 Å². The van der Waals surface area contributed by atoms with Crippen molar-refractivity contribution >= 4 is 11.8 Å². The molecule has 0 aromatic carbocycles. The number of nitrogens with zero attached hydrogens (tertiary/aromatic N) is 3. The summed E-state index contributed by atoms with van der Waals surface area (Å²) in [5, 5.41) is 9.37. The Balaban J connectivity index is 2.35. The van der Waals surface area contributed by atoms with Crippen molar-refractivity contribution in [3.63, 3.8) is 0 Å². The molecular formula is C13H19N3O3. The third kappa shape index (κ3) is 3.13. The summed E-state index contributed by atoms with van der Waals surface area (Å²) in [5.41, 5.74) is 0. The zero-order valence-electron chi connectivity index (χ0n) is 11.3. The molecule has 0 saturated carbocycles. The van der Waals surface area contributed by atoms with Crippen molar-refractivity contribution in [3.05, 3.63) is 11.9 Å². The van der Waals surface area contributed by atoms with Gasteiger partial charge in [0, 0.05) is 12.6 Å². The molecule has 1 saturated heterocycles. The minimum absolute atomic E-state index is 0.468. The molecule has 104 valence electrons. The molecule has 1 fully saturated rings. The van der Waals surface area contributed by atoms with Crippen LogP contribution < -0.4 is 9.64 Å². The molecule has 6 nitrogen and oxygen atoms in total. The van der Waals surface area contributed by atoms with Crippen molar-refractivity contribution < 1.29 is 14.6 Å². The van der Waals surface area contributed by atoms with E-state index in [2.05, 4.69) is 9.97 Å². The second-order valence-corrected chi connectivity index (χ2v) is 4.71. The summed E-state index contributed by atoms with van der Waals surface area (Å²) in [6.07, 6.45) is 3.63. The number of ether oxygens (including phenoxy) is 1. The number of aliphatic carboxylic acids is 1. The van der Waals surface area contributed by atoms with Crippen LogP contribution in [0.4, 0.5) is 5.82 Å². The number of carboxylic acids is 1. The Morgan fingerprint density at radius 1 is 1.42 bits per heavy atom. The Bertz CT molecular complexity index is 464. The fourth-order valence-electron chi connectivity index (χ4n) is 2.42. The minimum atomic E-state index is -0.794. The van der Waals surface area contributed by atoms with Crippen molar-refractivity contribution in [1.82, 2.24) is 9.97 Å². The molecule has 1 aromatic heterocycles. The van der Waals surface area contributed by atoms with Gasteiger partial charge >= 0.3 is 5.97 Å². The van der Waals surface area contributed by atoms with Crippen LogP contribution in [-0.4, -0.2) is 40.7 Å². The Hall–Kier alpha value is -1.85. The van der Waals surface area contributed by atoms with Gasteiger partial charge in [0.05, 0.1) is 7.11 Å². The van der Waals surface area contributed by atoms with E-state index in [1.165, 1.54) is 0 Å². The van der Waals surface area contributed by atoms with Crippen molar-refractivity contribution in [1.29, 1.82) is 0 Å². The molecule has 1 N–H and O–H groups in total. The summed E-state index contributed by atoms with van der Waals surface area (Å²) in [6.45, 7) is 2.48. The lowest BCUT2D eigenvalue weighted by molar-refractivity contribution is -0.138. The van der Waals surface area contributed by atoms with E-state index in [-0.39, 0.29) is 0 Å². The maximum absolute atomic E-state index is 11.4. The van der Waals surface area contributed by atoms with Gasteiger partial charge in [0.25, 0.3) is 0 Å². The molecule has 19 heavy (non-hydrogen) atoms. The van der Waals surface area contributed by atoms with Crippen LogP contribution in [0.5, 0.6) is 5.88 Å². The predicted molar refractivity (Wildman–Crippen MR) is 70.6 cm³/mol. The Labute approximate surface area is 112 Å². The number of carbonyl (C=O) groups is 1. The average Bonchev–Trinajstić information content (AvgIpc) is 2.63. The van der Waals surface area contributed by atoms with Crippen LogP contribution >= 0.6 is 0 Å². The van der Waals surface area contributed by atoms with E-state index in [1.54, 1.807) is 20.1 Å². The van der Waals surface area contributed by atoms with Crippen LogP contribution in [0, 0.1) is 6.92 Å². The lowest BCUT2D eigenvalue weighted by Gasteiger charge is -2.28. The SMILES string of the molecule is COc1cc(N2CCCCCC2C(=O)O)nc(C)n1. The number of aryl methyl sites for hydroxylation is 1. The van der Waals surface area contributed by atoms with Gasteiger partial charge in [-0.05, 0) is 19.8 Å². The highest BCUT2D eigenvalue weighted by atomic mass is 16.5.